The summed E-state index contributed by atoms with van der Waals surface area (Å²) in [6.45, 7) is 2.10. The number of aryl methyl sites for hydroxylation is 1. The van der Waals surface area contributed by atoms with Crippen LogP contribution in [0.3, 0.4) is 0 Å². The first-order valence-corrected chi connectivity index (χ1v) is 6.75. The molecule has 0 aliphatic carbocycles. The molecule has 0 bridgehead atoms. The second-order valence-electron chi connectivity index (χ2n) is 5.13. The van der Waals surface area contributed by atoms with Gasteiger partial charge in [-0.05, 0) is 18.4 Å². The Labute approximate surface area is 117 Å². The van der Waals surface area contributed by atoms with Crippen molar-refractivity contribution in [3.63, 3.8) is 0 Å². The first-order valence-electron chi connectivity index (χ1n) is 6.75. The van der Waals surface area contributed by atoms with Gasteiger partial charge in [0.05, 0.1) is 5.69 Å². The Hall–Kier alpha value is -2.61. The molecule has 0 aliphatic rings. The SMILES string of the molecule is Cc1ccc(-c2cn3ccc4ccccc4c3n2)cc1. The topological polar surface area (TPSA) is 17.3 Å². The van der Waals surface area contributed by atoms with Crippen LogP contribution >= 0.6 is 0 Å². The van der Waals surface area contributed by atoms with Gasteiger partial charge in [-0.25, -0.2) is 4.98 Å². The minimum Gasteiger partial charge on any atom is -0.306 e. The summed E-state index contributed by atoms with van der Waals surface area (Å²) in [6.07, 6.45) is 4.16. The molecule has 20 heavy (non-hydrogen) atoms. The average Bonchev–Trinajstić information content (AvgIpc) is 2.92. The average molecular weight is 258 g/mol. The molecule has 0 saturated carbocycles. The van der Waals surface area contributed by atoms with Crippen molar-refractivity contribution < 1.29 is 0 Å². The Morgan fingerprint density at radius 2 is 1.70 bits per heavy atom. The van der Waals surface area contributed by atoms with Crippen molar-refractivity contribution in [1.82, 2.24) is 9.38 Å². The Morgan fingerprint density at radius 3 is 2.55 bits per heavy atom. The lowest BCUT2D eigenvalue weighted by atomic mass is 10.1. The molecule has 0 radical (unpaired) electrons. The zero-order valence-corrected chi connectivity index (χ0v) is 11.2. The van der Waals surface area contributed by atoms with E-state index in [1.54, 1.807) is 0 Å². The molecular weight excluding hydrogens is 244 g/mol. The van der Waals surface area contributed by atoms with Crippen LogP contribution in [0.5, 0.6) is 0 Å². The largest absolute Gasteiger partial charge is 0.306 e. The van der Waals surface area contributed by atoms with Crippen molar-refractivity contribution in [2.24, 2.45) is 0 Å². The maximum Gasteiger partial charge on any atom is 0.145 e. The monoisotopic (exact) mass is 258 g/mol. The van der Waals surface area contributed by atoms with Crippen molar-refractivity contribution in [1.29, 1.82) is 0 Å². The van der Waals surface area contributed by atoms with E-state index >= 15 is 0 Å². The van der Waals surface area contributed by atoms with Gasteiger partial charge < -0.3 is 4.40 Å². The summed E-state index contributed by atoms with van der Waals surface area (Å²) in [5, 5.41) is 2.41. The highest BCUT2D eigenvalue weighted by Gasteiger charge is 2.06. The smallest absolute Gasteiger partial charge is 0.145 e. The molecule has 2 nitrogen and oxygen atoms in total. The highest BCUT2D eigenvalue weighted by molar-refractivity contribution is 5.94. The summed E-state index contributed by atoms with van der Waals surface area (Å²) in [6, 6.07) is 19.0. The summed E-state index contributed by atoms with van der Waals surface area (Å²) >= 11 is 0. The van der Waals surface area contributed by atoms with Crippen LogP contribution < -0.4 is 0 Å². The standard InChI is InChI=1S/C18H14N2/c1-13-6-8-15(9-7-13)17-12-20-11-10-14-4-2-3-5-16(14)18(20)19-17/h2-12H,1H3. The zero-order valence-electron chi connectivity index (χ0n) is 11.2. The van der Waals surface area contributed by atoms with E-state index in [0.717, 1.165) is 16.9 Å². The third-order valence-electron chi connectivity index (χ3n) is 3.70. The minimum atomic E-state index is 1.01. The van der Waals surface area contributed by atoms with Gasteiger partial charge in [0, 0.05) is 23.3 Å². The van der Waals surface area contributed by atoms with Gasteiger partial charge >= 0.3 is 0 Å². The first-order chi connectivity index (χ1) is 9.81. The normalized spacial score (nSPS) is 11.2. The molecule has 0 aliphatic heterocycles. The Balaban J connectivity index is 1.98. The Bertz CT molecular complexity index is 902. The quantitative estimate of drug-likeness (QED) is 0.492. The van der Waals surface area contributed by atoms with Crippen LogP contribution in [0.4, 0.5) is 0 Å². The summed E-state index contributed by atoms with van der Waals surface area (Å²) < 4.78 is 2.09. The van der Waals surface area contributed by atoms with Crippen LogP contribution in [0.2, 0.25) is 0 Å². The highest BCUT2D eigenvalue weighted by Crippen LogP contribution is 2.24. The molecule has 0 atom stereocenters. The maximum absolute atomic E-state index is 4.80. The lowest BCUT2D eigenvalue weighted by Crippen LogP contribution is -1.83. The van der Waals surface area contributed by atoms with E-state index in [1.807, 2.05) is 0 Å². The third-order valence-corrected chi connectivity index (χ3v) is 3.70. The summed E-state index contributed by atoms with van der Waals surface area (Å²) in [5.41, 5.74) is 4.45. The van der Waals surface area contributed by atoms with Gasteiger partial charge in [-0.2, -0.15) is 0 Å². The molecule has 2 heteroatoms. The van der Waals surface area contributed by atoms with E-state index in [4.69, 9.17) is 4.98 Å². The van der Waals surface area contributed by atoms with Gasteiger partial charge in [-0.1, -0.05) is 54.1 Å². The molecule has 4 rings (SSSR count). The van der Waals surface area contributed by atoms with Crippen molar-refractivity contribution >= 4 is 16.4 Å². The van der Waals surface area contributed by atoms with Crippen LogP contribution in [0.15, 0.2) is 67.0 Å². The lowest BCUT2D eigenvalue weighted by Gasteiger charge is -1.98. The van der Waals surface area contributed by atoms with Crippen molar-refractivity contribution in [2.45, 2.75) is 6.92 Å². The maximum atomic E-state index is 4.80. The fraction of sp³-hybridized carbons (Fsp3) is 0.0556. The summed E-state index contributed by atoms with van der Waals surface area (Å²) in [5.74, 6) is 0. The van der Waals surface area contributed by atoms with Crippen LogP contribution in [0.25, 0.3) is 27.7 Å². The summed E-state index contributed by atoms with van der Waals surface area (Å²) in [7, 11) is 0. The number of rotatable bonds is 1. The van der Waals surface area contributed by atoms with Gasteiger partial charge in [-0.15, -0.1) is 0 Å². The third kappa shape index (κ3) is 1.69. The van der Waals surface area contributed by atoms with Crippen LogP contribution in [0.1, 0.15) is 5.56 Å². The molecule has 0 fully saturated rings. The van der Waals surface area contributed by atoms with Crippen LogP contribution in [0, 0.1) is 6.92 Å². The van der Waals surface area contributed by atoms with Gasteiger partial charge in [0.15, 0.2) is 0 Å². The second-order valence-corrected chi connectivity index (χ2v) is 5.13. The van der Waals surface area contributed by atoms with Crippen molar-refractivity contribution in [3.8, 4) is 11.3 Å². The first kappa shape index (κ1) is 11.2. The highest BCUT2D eigenvalue weighted by atomic mass is 15.0. The van der Waals surface area contributed by atoms with E-state index in [0.29, 0.717) is 0 Å². The fourth-order valence-corrected chi connectivity index (χ4v) is 2.58. The van der Waals surface area contributed by atoms with Gasteiger partial charge in [0.2, 0.25) is 0 Å². The molecule has 0 unspecified atom stereocenters. The molecule has 4 aromatic rings. The number of hydrogen-bond acceptors (Lipinski definition) is 1. The van der Waals surface area contributed by atoms with E-state index < -0.39 is 0 Å². The van der Waals surface area contributed by atoms with Gasteiger partial charge in [0.1, 0.15) is 5.65 Å². The molecule has 2 aromatic carbocycles. The number of hydrogen-bond donors (Lipinski definition) is 0. The van der Waals surface area contributed by atoms with E-state index in [-0.39, 0.29) is 0 Å². The van der Waals surface area contributed by atoms with E-state index in [1.165, 1.54) is 16.3 Å². The predicted octanol–water partition coefficient (Wildman–Crippen LogP) is 4.46. The number of pyridine rings is 1. The number of imidazole rings is 1. The van der Waals surface area contributed by atoms with E-state index in [2.05, 4.69) is 78.3 Å². The lowest BCUT2D eigenvalue weighted by molar-refractivity contribution is 1.20. The molecule has 2 heterocycles. The van der Waals surface area contributed by atoms with Crippen LogP contribution in [-0.2, 0) is 0 Å². The van der Waals surface area contributed by atoms with Gasteiger partial charge in [-0.3, -0.25) is 0 Å². The number of fused-ring (bicyclic) bond motifs is 3. The number of nitrogens with zero attached hydrogens (tertiary/aromatic N) is 2. The number of benzene rings is 2. The predicted molar refractivity (Wildman–Crippen MR) is 82.9 cm³/mol. The van der Waals surface area contributed by atoms with Crippen molar-refractivity contribution in [2.75, 3.05) is 0 Å². The van der Waals surface area contributed by atoms with E-state index in [9.17, 15) is 0 Å². The molecular formula is C18H14N2. The zero-order chi connectivity index (χ0) is 13.5. The molecule has 0 spiro atoms. The minimum absolute atomic E-state index is 1.01. The Morgan fingerprint density at radius 1 is 0.900 bits per heavy atom. The van der Waals surface area contributed by atoms with Crippen molar-refractivity contribution in [3.05, 3.63) is 72.6 Å². The fourth-order valence-electron chi connectivity index (χ4n) is 2.58. The number of aromatic nitrogens is 2. The Kier molecular flexibility index (Phi) is 2.36. The molecule has 2 aromatic heterocycles. The summed E-state index contributed by atoms with van der Waals surface area (Å²) in [4.78, 5) is 4.80. The van der Waals surface area contributed by atoms with Crippen LogP contribution in [-0.4, -0.2) is 9.38 Å². The second kappa shape index (κ2) is 4.20. The molecule has 0 saturated heterocycles. The molecule has 0 amide bonds. The van der Waals surface area contributed by atoms with Gasteiger partial charge in [0.25, 0.3) is 0 Å². The molecule has 0 N–H and O–H groups in total. The molecule has 96 valence electrons.